The monoisotopic (exact) mass is 217 g/mol. The molecule has 0 aromatic heterocycles. The van der Waals surface area contributed by atoms with Crippen LogP contribution in [0.3, 0.4) is 0 Å². The molecule has 2 bridgehead atoms. The van der Waals surface area contributed by atoms with Crippen LogP contribution in [0.4, 0.5) is 11.4 Å². The molecule has 2 saturated heterocycles. The fourth-order valence-electron chi connectivity index (χ4n) is 3.16. The molecular weight excluding hydrogens is 198 g/mol. The Labute approximate surface area is 96.8 Å². The highest BCUT2D eigenvalue weighted by Crippen LogP contribution is 2.35. The quantitative estimate of drug-likeness (QED) is 0.723. The molecule has 1 aromatic carbocycles. The van der Waals surface area contributed by atoms with Crippen LogP contribution in [0.25, 0.3) is 0 Å². The summed E-state index contributed by atoms with van der Waals surface area (Å²) in [5, 5.41) is 0. The van der Waals surface area contributed by atoms with Gasteiger partial charge in [-0.05, 0) is 44.2 Å². The molecule has 3 nitrogen and oxygen atoms in total. The Hall–Kier alpha value is -1.22. The molecule has 2 atom stereocenters. The van der Waals surface area contributed by atoms with Crippen molar-refractivity contribution in [3.8, 4) is 0 Å². The summed E-state index contributed by atoms with van der Waals surface area (Å²) in [5.74, 6) is 0. The van der Waals surface area contributed by atoms with Crippen LogP contribution in [-0.2, 0) is 0 Å². The molecule has 2 unspecified atom stereocenters. The fraction of sp³-hybridized carbons (Fsp3) is 0.538. The number of fused-ring (bicyclic) bond motifs is 2. The number of piperazine rings is 1. The van der Waals surface area contributed by atoms with Crippen LogP contribution >= 0.6 is 0 Å². The molecule has 2 fully saturated rings. The van der Waals surface area contributed by atoms with Gasteiger partial charge in [0.05, 0.1) is 0 Å². The van der Waals surface area contributed by atoms with Crippen LogP contribution in [0.15, 0.2) is 18.2 Å². The number of likely N-dealkylation sites (N-methyl/N-ethyl adjacent to an activating group) is 1. The maximum Gasteiger partial charge on any atom is 0.0433 e. The number of hydrogen-bond donors (Lipinski definition) is 1. The van der Waals surface area contributed by atoms with Gasteiger partial charge >= 0.3 is 0 Å². The number of aryl methyl sites for hydroxylation is 1. The van der Waals surface area contributed by atoms with E-state index in [1.54, 1.807) is 0 Å². The first-order chi connectivity index (χ1) is 7.65. The Kier molecular flexibility index (Phi) is 2.11. The van der Waals surface area contributed by atoms with Crippen molar-refractivity contribution in [3.63, 3.8) is 0 Å². The Morgan fingerprint density at radius 3 is 2.62 bits per heavy atom. The van der Waals surface area contributed by atoms with E-state index in [-0.39, 0.29) is 0 Å². The topological polar surface area (TPSA) is 32.5 Å². The fourth-order valence-corrected chi connectivity index (χ4v) is 3.16. The van der Waals surface area contributed by atoms with Gasteiger partial charge in [0.2, 0.25) is 0 Å². The maximum absolute atomic E-state index is 5.80. The predicted octanol–water partition coefficient (Wildman–Crippen LogP) is 1.47. The van der Waals surface area contributed by atoms with Gasteiger partial charge in [0.15, 0.2) is 0 Å². The standard InChI is InChI=1S/C13H19N3/c1-9-5-10(14)3-4-13(9)16-8-11-6-12(16)7-15(11)2/h3-5,11-12H,6-8,14H2,1-2H3. The lowest BCUT2D eigenvalue weighted by Crippen LogP contribution is -2.44. The highest BCUT2D eigenvalue weighted by Gasteiger charge is 2.41. The molecule has 0 aliphatic carbocycles. The van der Waals surface area contributed by atoms with Crippen molar-refractivity contribution >= 4 is 11.4 Å². The Morgan fingerprint density at radius 1 is 1.25 bits per heavy atom. The summed E-state index contributed by atoms with van der Waals surface area (Å²) < 4.78 is 0. The van der Waals surface area contributed by atoms with E-state index in [2.05, 4.69) is 35.9 Å². The van der Waals surface area contributed by atoms with Gasteiger partial charge in [0.25, 0.3) is 0 Å². The van der Waals surface area contributed by atoms with Crippen LogP contribution in [0.5, 0.6) is 0 Å². The van der Waals surface area contributed by atoms with Crippen molar-refractivity contribution < 1.29 is 0 Å². The second kappa shape index (κ2) is 3.39. The maximum atomic E-state index is 5.80. The summed E-state index contributed by atoms with van der Waals surface area (Å²) >= 11 is 0. The largest absolute Gasteiger partial charge is 0.399 e. The second-order valence-electron chi connectivity index (χ2n) is 5.18. The molecule has 3 heteroatoms. The lowest BCUT2D eigenvalue weighted by atomic mass is 10.1. The third-order valence-electron chi connectivity index (χ3n) is 4.04. The first kappa shape index (κ1) is 9.97. The van der Waals surface area contributed by atoms with Crippen LogP contribution < -0.4 is 10.6 Å². The second-order valence-corrected chi connectivity index (χ2v) is 5.18. The first-order valence-electron chi connectivity index (χ1n) is 5.98. The molecule has 0 spiro atoms. The van der Waals surface area contributed by atoms with Gasteiger partial charge in [0, 0.05) is 36.5 Å². The summed E-state index contributed by atoms with van der Waals surface area (Å²) in [6, 6.07) is 7.72. The molecule has 0 saturated carbocycles. The summed E-state index contributed by atoms with van der Waals surface area (Å²) in [6.45, 7) is 4.53. The van der Waals surface area contributed by atoms with Crippen molar-refractivity contribution in [1.29, 1.82) is 0 Å². The van der Waals surface area contributed by atoms with Crippen molar-refractivity contribution in [2.75, 3.05) is 30.8 Å². The third kappa shape index (κ3) is 1.39. The number of rotatable bonds is 1. The lowest BCUT2D eigenvalue weighted by Gasteiger charge is -2.34. The molecule has 16 heavy (non-hydrogen) atoms. The molecule has 0 amide bonds. The average Bonchev–Trinajstić information content (AvgIpc) is 2.76. The highest BCUT2D eigenvalue weighted by molar-refractivity contribution is 5.60. The molecule has 2 heterocycles. The van der Waals surface area contributed by atoms with E-state index in [1.807, 2.05) is 6.07 Å². The number of anilines is 2. The van der Waals surface area contributed by atoms with Crippen LogP contribution in [0.2, 0.25) is 0 Å². The van der Waals surface area contributed by atoms with Crippen molar-refractivity contribution in [2.24, 2.45) is 0 Å². The molecule has 86 valence electrons. The average molecular weight is 217 g/mol. The number of hydrogen-bond acceptors (Lipinski definition) is 3. The van der Waals surface area contributed by atoms with Gasteiger partial charge in [-0.3, -0.25) is 4.90 Å². The Morgan fingerprint density at radius 2 is 2.06 bits per heavy atom. The van der Waals surface area contributed by atoms with E-state index in [1.165, 1.54) is 30.8 Å². The summed E-state index contributed by atoms with van der Waals surface area (Å²) in [5.41, 5.74) is 9.33. The van der Waals surface area contributed by atoms with Crippen LogP contribution in [0, 0.1) is 6.92 Å². The number of nitrogen functional groups attached to an aromatic ring is 1. The molecule has 3 rings (SSSR count). The van der Waals surface area contributed by atoms with Gasteiger partial charge in [0.1, 0.15) is 0 Å². The van der Waals surface area contributed by atoms with E-state index >= 15 is 0 Å². The van der Waals surface area contributed by atoms with E-state index < -0.39 is 0 Å². The van der Waals surface area contributed by atoms with Gasteiger partial charge in [-0.25, -0.2) is 0 Å². The molecule has 2 N–H and O–H groups in total. The minimum absolute atomic E-state index is 0.706. The van der Waals surface area contributed by atoms with Crippen molar-refractivity contribution in [3.05, 3.63) is 23.8 Å². The Bertz CT molecular complexity index is 414. The molecule has 0 radical (unpaired) electrons. The van der Waals surface area contributed by atoms with Crippen LogP contribution in [0.1, 0.15) is 12.0 Å². The SMILES string of the molecule is Cc1cc(N)ccc1N1CC2CC1CN2C. The van der Waals surface area contributed by atoms with Gasteiger partial charge < -0.3 is 10.6 Å². The predicted molar refractivity (Wildman–Crippen MR) is 67.8 cm³/mol. The number of benzene rings is 1. The van der Waals surface area contributed by atoms with Crippen LogP contribution in [-0.4, -0.2) is 37.1 Å². The molecule has 2 aliphatic rings. The lowest BCUT2D eigenvalue weighted by molar-refractivity contribution is 0.292. The normalized spacial score (nSPS) is 29.0. The highest BCUT2D eigenvalue weighted by atomic mass is 15.3. The molecule has 2 aliphatic heterocycles. The van der Waals surface area contributed by atoms with Gasteiger partial charge in [-0.15, -0.1) is 0 Å². The first-order valence-corrected chi connectivity index (χ1v) is 5.98. The zero-order valence-electron chi connectivity index (χ0n) is 9.98. The van der Waals surface area contributed by atoms with Gasteiger partial charge in [-0.2, -0.15) is 0 Å². The summed E-state index contributed by atoms with van der Waals surface area (Å²) in [7, 11) is 2.23. The smallest absolute Gasteiger partial charge is 0.0433 e. The minimum Gasteiger partial charge on any atom is -0.399 e. The summed E-state index contributed by atoms with van der Waals surface area (Å²) in [4.78, 5) is 5.03. The number of nitrogens with zero attached hydrogens (tertiary/aromatic N) is 2. The number of likely N-dealkylation sites (tertiary alicyclic amines) is 1. The third-order valence-corrected chi connectivity index (χ3v) is 4.04. The molecule has 1 aromatic rings. The summed E-state index contributed by atoms with van der Waals surface area (Å²) in [6.07, 6.45) is 1.32. The van der Waals surface area contributed by atoms with E-state index in [4.69, 9.17) is 5.73 Å². The van der Waals surface area contributed by atoms with E-state index in [0.717, 1.165) is 11.7 Å². The minimum atomic E-state index is 0.706. The number of nitrogens with two attached hydrogens (primary N) is 1. The van der Waals surface area contributed by atoms with E-state index in [0.29, 0.717) is 6.04 Å². The Balaban J connectivity index is 1.89. The zero-order chi connectivity index (χ0) is 11.3. The van der Waals surface area contributed by atoms with Crippen molar-refractivity contribution in [1.82, 2.24) is 4.90 Å². The van der Waals surface area contributed by atoms with E-state index in [9.17, 15) is 0 Å². The zero-order valence-corrected chi connectivity index (χ0v) is 9.98. The van der Waals surface area contributed by atoms with Gasteiger partial charge in [-0.1, -0.05) is 0 Å². The molecular formula is C13H19N3. The van der Waals surface area contributed by atoms with Crippen molar-refractivity contribution in [2.45, 2.75) is 25.4 Å².